The van der Waals surface area contributed by atoms with Crippen LogP contribution in [0.4, 0.5) is 5.69 Å². The van der Waals surface area contributed by atoms with Crippen molar-refractivity contribution in [2.24, 2.45) is 0 Å². The molecule has 4 aromatic rings. The summed E-state index contributed by atoms with van der Waals surface area (Å²) >= 11 is 1.49. The molecule has 0 aliphatic heterocycles. The van der Waals surface area contributed by atoms with E-state index in [1.807, 2.05) is 40.9 Å². The minimum Gasteiger partial charge on any atom is -0.398 e. The van der Waals surface area contributed by atoms with Crippen LogP contribution in [0.2, 0.25) is 0 Å². The Labute approximate surface area is 118 Å². The molecule has 0 atom stereocenters. The normalized spacial score (nSPS) is 11.4. The number of nitrogens with one attached hydrogen (secondary N) is 1. The van der Waals surface area contributed by atoms with Crippen molar-refractivity contribution in [3.05, 3.63) is 42.7 Å². The number of pyridine rings is 1. The molecule has 3 aromatic heterocycles. The van der Waals surface area contributed by atoms with E-state index in [4.69, 9.17) is 5.73 Å². The molecule has 0 bridgehead atoms. The second kappa shape index (κ2) is 4.24. The van der Waals surface area contributed by atoms with E-state index >= 15 is 0 Å². The Morgan fingerprint density at radius 2 is 2.15 bits per heavy atom. The SMILES string of the molecule is Nc1cc2cn[nH]c2cc1Sc1nnc2ccccn12. The number of hydrogen-bond acceptors (Lipinski definition) is 5. The first kappa shape index (κ1) is 11.3. The predicted octanol–water partition coefficient (Wildman–Crippen LogP) is 2.34. The summed E-state index contributed by atoms with van der Waals surface area (Å²) < 4.78 is 1.93. The summed E-state index contributed by atoms with van der Waals surface area (Å²) in [6, 6.07) is 9.68. The predicted molar refractivity (Wildman–Crippen MR) is 77.6 cm³/mol. The molecule has 3 N–H and O–H groups in total. The molecule has 7 heteroatoms. The van der Waals surface area contributed by atoms with Crippen LogP contribution in [0.5, 0.6) is 0 Å². The third-order valence-electron chi connectivity index (χ3n) is 3.05. The average Bonchev–Trinajstić information content (AvgIpc) is 3.06. The lowest BCUT2D eigenvalue weighted by Gasteiger charge is -2.04. The van der Waals surface area contributed by atoms with E-state index in [-0.39, 0.29) is 0 Å². The van der Waals surface area contributed by atoms with Gasteiger partial charge in [-0.1, -0.05) is 6.07 Å². The Kier molecular flexibility index (Phi) is 2.40. The van der Waals surface area contributed by atoms with E-state index in [0.717, 1.165) is 26.6 Å². The highest BCUT2D eigenvalue weighted by Gasteiger charge is 2.10. The number of nitrogens with two attached hydrogens (primary N) is 1. The van der Waals surface area contributed by atoms with Crippen molar-refractivity contribution in [3.63, 3.8) is 0 Å². The molecule has 0 aliphatic rings. The van der Waals surface area contributed by atoms with Gasteiger partial charge in [-0.25, -0.2) is 0 Å². The molecule has 4 rings (SSSR count). The van der Waals surface area contributed by atoms with E-state index in [0.29, 0.717) is 5.69 Å². The van der Waals surface area contributed by atoms with Gasteiger partial charge in [0.2, 0.25) is 5.16 Å². The number of benzene rings is 1. The molecule has 20 heavy (non-hydrogen) atoms. The number of anilines is 1. The number of aromatic amines is 1. The molecule has 6 nitrogen and oxygen atoms in total. The molecule has 0 spiro atoms. The van der Waals surface area contributed by atoms with Crippen LogP contribution in [-0.2, 0) is 0 Å². The first-order valence-corrected chi connectivity index (χ1v) is 6.83. The Morgan fingerprint density at radius 3 is 3.10 bits per heavy atom. The van der Waals surface area contributed by atoms with E-state index in [2.05, 4.69) is 20.4 Å². The molecule has 0 saturated heterocycles. The second-order valence-corrected chi connectivity index (χ2v) is 5.37. The molecule has 1 aromatic carbocycles. The van der Waals surface area contributed by atoms with Gasteiger partial charge in [-0.05, 0) is 36.0 Å². The second-order valence-electron chi connectivity index (χ2n) is 4.36. The van der Waals surface area contributed by atoms with Crippen molar-refractivity contribution >= 4 is 34.0 Å². The molecule has 0 unspecified atom stereocenters. The van der Waals surface area contributed by atoms with Crippen LogP contribution < -0.4 is 5.73 Å². The number of nitrogens with zero attached hydrogens (tertiary/aromatic N) is 4. The molecule has 98 valence electrons. The van der Waals surface area contributed by atoms with Gasteiger partial charge in [0.1, 0.15) is 0 Å². The van der Waals surface area contributed by atoms with Crippen LogP contribution in [0, 0.1) is 0 Å². The largest absolute Gasteiger partial charge is 0.398 e. The first-order chi connectivity index (χ1) is 9.81. The van der Waals surface area contributed by atoms with Gasteiger partial charge >= 0.3 is 0 Å². The van der Waals surface area contributed by atoms with E-state index in [9.17, 15) is 0 Å². The van der Waals surface area contributed by atoms with Crippen LogP contribution in [0.25, 0.3) is 16.6 Å². The third kappa shape index (κ3) is 1.71. The van der Waals surface area contributed by atoms with Crippen LogP contribution in [0.3, 0.4) is 0 Å². The summed E-state index contributed by atoms with van der Waals surface area (Å²) in [4.78, 5) is 0.930. The van der Waals surface area contributed by atoms with Gasteiger partial charge in [0.25, 0.3) is 0 Å². The maximum absolute atomic E-state index is 6.09. The van der Waals surface area contributed by atoms with Crippen molar-refractivity contribution in [2.45, 2.75) is 10.1 Å². The maximum Gasteiger partial charge on any atom is 0.200 e. The average molecular weight is 282 g/mol. The van der Waals surface area contributed by atoms with Crippen LogP contribution in [-0.4, -0.2) is 24.8 Å². The minimum atomic E-state index is 0.705. The lowest BCUT2D eigenvalue weighted by Crippen LogP contribution is -1.91. The van der Waals surface area contributed by atoms with Crippen molar-refractivity contribution in [1.29, 1.82) is 0 Å². The highest BCUT2D eigenvalue weighted by Crippen LogP contribution is 2.33. The lowest BCUT2D eigenvalue weighted by atomic mass is 10.2. The Morgan fingerprint density at radius 1 is 1.20 bits per heavy atom. The summed E-state index contributed by atoms with van der Waals surface area (Å²) in [5.41, 5.74) is 8.56. The third-order valence-corrected chi connectivity index (χ3v) is 4.09. The first-order valence-electron chi connectivity index (χ1n) is 6.01. The van der Waals surface area contributed by atoms with Crippen molar-refractivity contribution in [1.82, 2.24) is 24.8 Å². The van der Waals surface area contributed by atoms with Crippen LogP contribution in [0.1, 0.15) is 0 Å². The lowest BCUT2D eigenvalue weighted by molar-refractivity contribution is 0.922. The molecular weight excluding hydrogens is 272 g/mol. The Hall–Kier alpha value is -2.54. The molecule has 3 heterocycles. The highest BCUT2D eigenvalue weighted by atomic mass is 32.2. The zero-order valence-electron chi connectivity index (χ0n) is 10.3. The van der Waals surface area contributed by atoms with Gasteiger partial charge in [-0.3, -0.25) is 9.50 Å². The van der Waals surface area contributed by atoms with Gasteiger partial charge in [0, 0.05) is 22.2 Å². The van der Waals surface area contributed by atoms with E-state index in [1.54, 1.807) is 6.20 Å². The summed E-state index contributed by atoms with van der Waals surface area (Å²) in [6.45, 7) is 0. The summed E-state index contributed by atoms with van der Waals surface area (Å²) in [7, 11) is 0. The van der Waals surface area contributed by atoms with Gasteiger partial charge in [0.15, 0.2) is 5.65 Å². The Balaban J connectivity index is 1.82. The quantitative estimate of drug-likeness (QED) is 0.551. The van der Waals surface area contributed by atoms with Gasteiger partial charge in [0.05, 0.1) is 11.7 Å². The minimum absolute atomic E-state index is 0.705. The molecular formula is C13H10N6S. The summed E-state index contributed by atoms with van der Waals surface area (Å²) in [5.74, 6) is 0. The number of nitrogen functional groups attached to an aromatic ring is 1. The van der Waals surface area contributed by atoms with Crippen LogP contribution >= 0.6 is 11.8 Å². The van der Waals surface area contributed by atoms with Gasteiger partial charge < -0.3 is 5.73 Å². The number of hydrogen-bond donors (Lipinski definition) is 2. The summed E-state index contributed by atoms with van der Waals surface area (Å²) in [5, 5.41) is 17.1. The monoisotopic (exact) mass is 282 g/mol. The topological polar surface area (TPSA) is 84.9 Å². The fourth-order valence-electron chi connectivity index (χ4n) is 2.06. The Bertz CT molecular complexity index is 909. The standard InChI is InChI=1S/C13H10N6S/c14-9-5-8-7-15-16-10(8)6-11(9)20-13-18-17-12-3-1-2-4-19(12)13/h1-7H,14H2,(H,15,16). The smallest absolute Gasteiger partial charge is 0.200 e. The zero-order chi connectivity index (χ0) is 13.5. The fourth-order valence-corrected chi connectivity index (χ4v) is 2.95. The van der Waals surface area contributed by atoms with Crippen molar-refractivity contribution in [3.8, 4) is 0 Å². The van der Waals surface area contributed by atoms with Gasteiger partial charge in [-0.15, -0.1) is 10.2 Å². The highest BCUT2D eigenvalue weighted by molar-refractivity contribution is 7.99. The molecule has 0 amide bonds. The van der Waals surface area contributed by atoms with E-state index < -0.39 is 0 Å². The number of fused-ring (bicyclic) bond motifs is 2. The number of rotatable bonds is 2. The van der Waals surface area contributed by atoms with E-state index in [1.165, 1.54) is 11.8 Å². The fraction of sp³-hybridized carbons (Fsp3) is 0. The maximum atomic E-state index is 6.09. The number of H-pyrrole nitrogens is 1. The molecule has 0 fully saturated rings. The van der Waals surface area contributed by atoms with Crippen molar-refractivity contribution in [2.75, 3.05) is 5.73 Å². The molecule has 0 saturated carbocycles. The zero-order valence-corrected chi connectivity index (χ0v) is 11.1. The molecule has 0 aliphatic carbocycles. The molecule has 0 radical (unpaired) electrons. The summed E-state index contributed by atoms with van der Waals surface area (Å²) in [6.07, 6.45) is 3.69. The number of aromatic nitrogens is 5. The van der Waals surface area contributed by atoms with Crippen LogP contribution in [0.15, 0.2) is 52.8 Å². The van der Waals surface area contributed by atoms with Crippen molar-refractivity contribution < 1.29 is 0 Å². The van der Waals surface area contributed by atoms with Gasteiger partial charge in [-0.2, -0.15) is 5.10 Å².